The van der Waals surface area contributed by atoms with Crippen LogP contribution in [0.3, 0.4) is 0 Å². The summed E-state index contributed by atoms with van der Waals surface area (Å²) >= 11 is 1.22. The second-order valence-corrected chi connectivity index (χ2v) is 3.35. The lowest BCUT2D eigenvalue weighted by molar-refractivity contribution is 0.961. The van der Waals surface area contributed by atoms with Gasteiger partial charge < -0.3 is 5.32 Å². The van der Waals surface area contributed by atoms with E-state index in [4.69, 9.17) is 0 Å². The van der Waals surface area contributed by atoms with Crippen molar-refractivity contribution in [2.24, 2.45) is 0 Å². The van der Waals surface area contributed by atoms with E-state index < -0.39 is 0 Å². The van der Waals surface area contributed by atoms with Crippen LogP contribution in [0, 0.1) is 0 Å². The van der Waals surface area contributed by atoms with Gasteiger partial charge in [0.05, 0.1) is 0 Å². The number of hydrogen-bond acceptors (Lipinski definition) is 5. The molecule has 0 atom stereocenters. The van der Waals surface area contributed by atoms with Gasteiger partial charge in [-0.25, -0.2) is 0 Å². The van der Waals surface area contributed by atoms with Crippen molar-refractivity contribution >= 4 is 28.4 Å². The molecule has 5 heteroatoms. The van der Waals surface area contributed by atoms with Gasteiger partial charge in [0, 0.05) is 17.2 Å². The van der Waals surface area contributed by atoms with Crippen LogP contribution < -0.4 is 5.32 Å². The molecule has 2 rings (SSSR count). The standard InChI is InChI=1S/C9H8N4S/c1-2-7-3-5-8(6-4-7)10-9-11-12-13-14-9/h2-6H,1H2,(H,10,11,13). The van der Waals surface area contributed by atoms with E-state index in [2.05, 4.69) is 26.7 Å². The second-order valence-electron chi connectivity index (χ2n) is 2.62. The summed E-state index contributed by atoms with van der Waals surface area (Å²) in [5, 5.41) is 11.0. The summed E-state index contributed by atoms with van der Waals surface area (Å²) in [6.07, 6.45) is 1.80. The average molecular weight is 204 g/mol. The third-order valence-corrected chi connectivity index (χ3v) is 2.21. The highest BCUT2D eigenvalue weighted by atomic mass is 32.1. The van der Waals surface area contributed by atoms with Gasteiger partial charge in [0.2, 0.25) is 5.13 Å². The molecule has 0 saturated carbocycles. The van der Waals surface area contributed by atoms with Crippen LogP contribution in [0.2, 0.25) is 0 Å². The minimum atomic E-state index is 0.691. The number of anilines is 2. The zero-order valence-corrected chi connectivity index (χ0v) is 8.16. The van der Waals surface area contributed by atoms with Crippen LogP contribution >= 0.6 is 11.5 Å². The van der Waals surface area contributed by atoms with Crippen molar-refractivity contribution in [1.82, 2.24) is 14.8 Å². The maximum atomic E-state index is 3.78. The second kappa shape index (κ2) is 3.97. The van der Waals surface area contributed by atoms with Gasteiger partial charge >= 0.3 is 0 Å². The van der Waals surface area contributed by atoms with Crippen LogP contribution in [-0.4, -0.2) is 14.8 Å². The monoisotopic (exact) mass is 204 g/mol. The van der Waals surface area contributed by atoms with Crippen molar-refractivity contribution in [2.75, 3.05) is 5.32 Å². The predicted octanol–water partition coefficient (Wildman–Crippen LogP) is 2.32. The molecular weight excluding hydrogens is 196 g/mol. The maximum absolute atomic E-state index is 3.78. The van der Waals surface area contributed by atoms with Crippen LogP contribution in [0.1, 0.15) is 5.56 Å². The van der Waals surface area contributed by atoms with Crippen molar-refractivity contribution in [3.05, 3.63) is 36.4 Å². The van der Waals surface area contributed by atoms with Gasteiger partial charge in [-0.2, -0.15) is 0 Å². The van der Waals surface area contributed by atoms with Gasteiger partial charge in [-0.05, 0) is 22.9 Å². The van der Waals surface area contributed by atoms with E-state index in [9.17, 15) is 0 Å². The number of nitrogens with zero attached hydrogens (tertiary/aromatic N) is 3. The molecular formula is C9H8N4S. The fourth-order valence-electron chi connectivity index (χ4n) is 1.01. The maximum Gasteiger partial charge on any atom is 0.229 e. The summed E-state index contributed by atoms with van der Waals surface area (Å²) in [6.45, 7) is 3.69. The first kappa shape index (κ1) is 8.83. The summed E-state index contributed by atoms with van der Waals surface area (Å²) in [6, 6.07) is 7.87. The number of hydrogen-bond donors (Lipinski definition) is 1. The van der Waals surface area contributed by atoms with E-state index in [0.717, 1.165) is 11.3 Å². The molecule has 1 aromatic heterocycles. The number of benzene rings is 1. The first-order valence-corrected chi connectivity index (χ1v) is 4.80. The van der Waals surface area contributed by atoms with Gasteiger partial charge in [-0.15, -0.1) is 0 Å². The molecule has 0 spiro atoms. The summed E-state index contributed by atoms with van der Waals surface area (Å²) in [4.78, 5) is 0. The van der Waals surface area contributed by atoms with Crippen LogP contribution in [0.4, 0.5) is 10.8 Å². The molecule has 1 heterocycles. The van der Waals surface area contributed by atoms with Gasteiger partial charge in [0.25, 0.3) is 0 Å². The Morgan fingerprint density at radius 2 is 2.07 bits per heavy atom. The fourth-order valence-corrected chi connectivity index (χ4v) is 1.39. The van der Waals surface area contributed by atoms with E-state index in [1.165, 1.54) is 11.5 Å². The SMILES string of the molecule is C=Cc1ccc(Nc2nnns2)cc1. The van der Waals surface area contributed by atoms with Crippen molar-refractivity contribution in [1.29, 1.82) is 0 Å². The van der Waals surface area contributed by atoms with Crippen molar-refractivity contribution < 1.29 is 0 Å². The quantitative estimate of drug-likeness (QED) is 0.833. The molecule has 1 N–H and O–H groups in total. The summed E-state index contributed by atoms with van der Waals surface area (Å²) in [5.41, 5.74) is 2.06. The van der Waals surface area contributed by atoms with Crippen LogP contribution in [-0.2, 0) is 0 Å². The Labute approximate surface area is 85.5 Å². The van der Waals surface area contributed by atoms with Crippen LogP contribution in [0.5, 0.6) is 0 Å². The van der Waals surface area contributed by atoms with Crippen LogP contribution in [0.15, 0.2) is 30.8 Å². The zero-order valence-electron chi connectivity index (χ0n) is 7.34. The summed E-state index contributed by atoms with van der Waals surface area (Å²) < 4.78 is 3.65. The molecule has 0 saturated heterocycles. The summed E-state index contributed by atoms with van der Waals surface area (Å²) in [7, 11) is 0. The minimum Gasteiger partial charge on any atom is -0.329 e. The zero-order chi connectivity index (χ0) is 9.80. The number of rotatable bonds is 3. The van der Waals surface area contributed by atoms with E-state index in [0.29, 0.717) is 5.13 Å². The Morgan fingerprint density at radius 1 is 1.29 bits per heavy atom. The van der Waals surface area contributed by atoms with Gasteiger partial charge in [-0.1, -0.05) is 34.4 Å². The Hall–Kier alpha value is -1.75. The van der Waals surface area contributed by atoms with Gasteiger partial charge in [-0.3, -0.25) is 0 Å². The van der Waals surface area contributed by atoms with Gasteiger partial charge in [0.15, 0.2) is 0 Å². The Balaban J connectivity index is 2.14. The molecule has 0 aliphatic heterocycles. The Morgan fingerprint density at radius 3 is 2.64 bits per heavy atom. The highest BCUT2D eigenvalue weighted by Gasteiger charge is 1.97. The number of nitrogens with one attached hydrogen (secondary N) is 1. The average Bonchev–Trinajstić information content (AvgIpc) is 2.72. The Bertz CT molecular complexity index is 407. The molecule has 0 radical (unpaired) electrons. The predicted molar refractivity (Wildman–Crippen MR) is 57.5 cm³/mol. The van der Waals surface area contributed by atoms with Crippen LogP contribution in [0.25, 0.3) is 6.08 Å². The molecule has 0 fully saturated rings. The molecule has 0 amide bonds. The molecule has 0 unspecified atom stereocenters. The van der Waals surface area contributed by atoms with Crippen molar-refractivity contribution in [3.63, 3.8) is 0 Å². The largest absolute Gasteiger partial charge is 0.329 e. The minimum absolute atomic E-state index is 0.691. The first-order valence-electron chi connectivity index (χ1n) is 4.03. The van der Waals surface area contributed by atoms with E-state index >= 15 is 0 Å². The first-order chi connectivity index (χ1) is 6.88. The van der Waals surface area contributed by atoms with Gasteiger partial charge in [0.1, 0.15) is 0 Å². The topological polar surface area (TPSA) is 50.7 Å². The lowest BCUT2D eigenvalue weighted by Gasteiger charge is -2.00. The Kier molecular flexibility index (Phi) is 2.51. The van der Waals surface area contributed by atoms with Crippen molar-refractivity contribution in [2.45, 2.75) is 0 Å². The molecule has 4 nitrogen and oxygen atoms in total. The summed E-state index contributed by atoms with van der Waals surface area (Å²) in [5.74, 6) is 0. The fraction of sp³-hybridized carbons (Fsp3) is 0. The molecule has 0 bridgehead atoms. The number of aromatic nitrogens is 3. The molecule has 14 heavy (non-hydrogen) atoms. The highest BCUT2D eigenvalue weighted by Crippen LogP contribution is 2.16. The molecule has 1 aromatic carbocycles. The molecule has 0 aliphatic carbocycles. The van der Waals surface area contributed by atoms with Crippen molar-refractivity contribution in [3.8, 4) is 0 Å². The third kappa shape index (κ3) is 1.94. The van der Waals surface area contributed by atoms with E-state index in [-0.39, 0.29) is 0 Å². The molecule has 2 aromatic rings. The normalized spacial score (nSPS) is 9.71. The molecule has 0 aliphatic rings. The van der Waals surface area contributed by atoms with E-state index in [1.54, 1.807) is 6.08 Å². The highest BCUT2D eigenvalue weighted by molar-refractivity contribution is 7.09. The smallest absolute Gasteiger partial charge is 0.229 e. The van der Waals surface area contributed by atoms with E-state index in [1.807, 2.05) is 24.3 Å². The third-order valence-electron chi connectivity index (χ3n) is 1.70. The lowest BCUT2D eigenvalue weighted by atomic mass is 10.2. The lowest BCUT2D eigenvalue weighted by Crippen LogP contribution is -1.88. The molecule has 70 valence electrons.